The largest absolute Gasteiger partial charge is 0.393 e. The summed E-state index contributed by atoms with van der Waals surface area (Å²) >= 11 is 0. The summed E-state index contributed by atoms with van der Waals surface area (Å²) in [6.45, 7) is 5.19. The van der Waals surface area contributed by atoms with Gasteiger partial charge in [-0.25, -0.2) is 4.98 Å². The van der Waals surface area contributed by atoms with Crippen molar-refractivity contribution in [1.82, 2.24) is 9.88 Å². The number of pyridine rings is 1. The molecule has 2 rings (SSSR count). The number of hydrogen-bond donors (Lipinski definition) is 2. The number of nitrogens with two attached hydrogens (primary N) is 1. The van der Waals surface area contributed by atoms with Crippen LogP contribution in [0.15, 0.2) is 12.1 Å². The van der Waals surface area contributed by atoms with Gasteiger partial charge in [0.25, 0.3) is 5.91 Å². The maximum Gasteiger partial charge on any atom is 0.254 e. The number of carbonyl (C=O) groups is 1. The molecule has 0 spiro atoms. The van der Waals surface area contributed by atoms with E-state index in [-0.39, 0.29) is 12.0 Å². The maximum atomic E-state index is 12.5. The van der Waals surface area contributed by atoms with Gasteiger partial charge in [-0.05, 0) is 44.2 Å². The molecule has 0 saturated carbocycles. The summed E-state index contributed by atoms with van der Waals surface area (Å²) in [4.78, 5) is 18.5. The molecule has 1 fully saturated rings. The molecule has 0 aliphatic carbocycles. The molecule has 1 saturated heterocycles. The van der Waals surface area contributed by atoms with E-state index in [4.69, 9.17) is 5.73 Å². The first-order chi connectivity index (χ1) is 9.51. The van der Waals surface area contributed by atoms with Gasteiger partial charge < -0.3 is 15.7 Å². The Balaban J connectivity index is 2.07. The Kier molecular flexibility index (Phi) is 4.60. The number of nitrogens with zero attached hydrogens (tertiary/aromatic N) is 2. The van der Waals surface area contributed by atoms with E-state index < -0.39 is 0 Å². The van der Waals surface area contributed by atoms with E-state index in [2.05, 4.69) is 4.98 Å². The van der Waals surface area contributed by atoms with Crippen LogP contribution in [0.3, 0.4) is 0 Å². The molecule has 1 aliphatic heterocycles. The van der Waals surface area contributed by atoms with E-state index in [9.17, 15) is 9.90 Å². The fourth-order valence-corrected chi connectivity index (χ4v) is 2.68. The summed E-state index contributed by atoms with van der Waals surface area (Å²) in [5, 5.41) is 9.60. The Bertz CT molecular complexity index is 480. The van der Waals surface area contributed by atoms with Gasteiger partial charge in [-0.1, -0.05) is 6.92 Å². The standard InChI is InChI=1S/C15H23N3O2/c1-3-13-8-12(9-14(16)17-13)15(20)18-6-4-11(5-7-18)10(2)19/h8-11,19H,3-7H2,1-2H3,(H2,16,17). The topological polar surface area (TPSA) is 79.5 Å². The number of aromatic nitrogens is 1. The Morgan fingerprint density at radius 2 is 2.15 bits per heavy atom. The number of amides is 1. The number of likely N-dealkylation sites (tertiary alicyclic amines) is 1. The van der Waals surface area contributed by atoms with Crippen molar-refractivity contribution in [3.8, 4) is 0 Å². The number of carbonyl (C=O) groups excluding carboxylic acids is 1. The predicted molar refractivity (Wildman–Crippen MR) is 78.3 cm³/mol. The maximum absolute atomic E-state index is 12.5. The van der Waals surface area contributed by atoms with Crippen molar-refractivity contribution in [2.75, 3.05) is 18.8 Å². The van der Waals surface area contributed by atoms with E-state index in [1.807, 2.05) is 24.8 Å². The highest BCUT2D eigenvalue weighted by Gasteiger charge is 2.26. The highest BCUT2D eigenvalue weighted by molar-refractivity contribution is 5.95. The Morgan fingerprint density at radius 1 is 1.50 bits per heavy atom. The minimum atomic E-state index is -0.296. The van der Waals surface area contributed by atoms with Crippen molar-refractivity contribution in [1.29, 1.82) is 0 Å². The zero-order valence-corrected chi connectivity index (χ0v) is 12.2. The van der Waals surface area contributed by atoms with E-state index in [1.54, 1.807) is 6.07 Å². The fourth-order valence-electron chi connectivity index (χ4n) is 2.68. The van der Waals surface area contributed by atoms with Crippen molar-refractivity contribution in [3.63, 3.8) is 0 Å². The zero-order chi connectivity index (χ0) is 14.7. The SMILES string of the molecule is CCc1cc(C(=O)N2CCC(C(C)O)CC2)cc(N)n1. The Hall–Kier alpha value is -1.62. The third-order valence-electron chi connectivity index (χ3n) is 4.02. The average molecular weight is 277 g/mol. The minimum Gasteiger partial charge on any atom is -0.393 e. The number of nitrogen functional groups attached to an aromatic ring is 1. The van der Waals surface area contributed by atoms with E-state index in [0.717, 1.165) is 25.0 Å². The molecule has 1 aromatic heterocycles. The fraction of sp³-hybridized carbons (Fsp3) is 0.600. The number of aryl methyl sites for hydroxylation is 1. The smallest absolute Gasteiger partial charge is 0.254 e. The van der Waals surface area contributed by atoms with Crippen LogP contribution < -0.4 is 5.73 Å². The van der Waals surface area contributed by atoms with Gasteiger partial charge in [-0.3, -0.25) is 4.79 Å². The molecular weight excluding hydrogens is 254 g/mol. The van der Waals surface area contributed by atoms with Crippen molar-refractivity contribution >= 4 is 11.7 Å². The van der Waals surface area contributed by atoms with Gasteiger partial charge in [0.2, 0.25) is 0 Å². The third-order valence-corrected chi connectivity index (χ3v) is 4.02. The monoisotopic (exact) mass is 277 g/mol. The van der Waals surface area contributed by atoms with E-state index >= 15 is 0 Å². The molecule has 5 nitrogen and oxygen atoms in total. The zero-order valence-electron chi connectivity index (χ0n) is 12.2. The van der Waals surface area contributed by atoms with Gasteiger partial charge in [-0.2, -0.15) is 0 Å². The summed E-state index contributed by atoms with van der Waals surface area (Å²) in [7, 11) is 0. The summed E-state index contributed by atoms with van der Waals surface area (Å²) in [6, 6.07) is 3.46. The highest BCUT2D eigenvalue weighted by Crippen LogP contribution is 2.22. The van der Waals surface area contributed by atoms with Gasteiger partial charge in [0.1, 0.15) is 5.82 Å². The van der Waals surface area contributed by atoms with Crippen LogP contribution in [0.25, 0.3) is 0 Å². The first-order valence-electron chi connectivity index (χ1n) is 7.25. The molecule has 0 bridgehead atoms. The molecule has 110 valence electrons. The lowest BCUT2D eigenvalue weighted by molar-refractivity contribution is 0.0521. The van der Waals surface area contributed by atoms with Crippen LogP contribution in [-0.4, -0.2) is 40.1 Å². The molecule has 20 heavy (non-hydrogen) atoms. The van der Waals surface area contributed by atoms with Gasteiger partial charge in [-0.15, -0.1) is 0 Å². The predicted octanol–water partition coefficient (Wildman–Crippen LogP) is 1.46. The van der Waals surface area contributed by atoms with Crippen LogP contribution >= 0.6 is 0 Å². The lowest BCUT2D eigenvalue weighted by Gasteiger charge is -2.33. The number of aliphatic hydroxyl groups is 1. The van der Waals surface area contributed by atoms with Crippen molar-refractivity contribution in [3.05, 3.63) is 23.4 Å². The van der Waals surface area contributed by atoms with Gasteiger partial charge >= 0.3 is 0 Å². The molecule has 2 heterocycles. The molecule has 1 amide bonds. The minimum absolute atomic E-state index is 0.0119. The summed E-state index contributed by atoms with van der Waals surface area (Å²) < 4.78 is 0. The molecule has 5 heteroatoms. The van der Waals surface area contributed by atoms with Crippen molar-refractivity contribution in [2.45, 2.75) is 39.2 Å². The second-order valence-corrected chi connectivity index (χ2v) is 5.50. The van der Waals surface area contributed by atoms with E-state index in [1.165, 1.54) is 0 Å². The van der Waals surface area contributed by atoms with Crippen molar-refractivity contribution in [2.24, 2.45) is 5.92 Å². The Morgan fingerprint density at radius 3 is 2.70 bits per heavy atom. The molecule has 0 radical (unpaired) electrons. The van der Waals surface area contributed by atoms with Crippen LogP contribution in [0.2, 0.25) is 0 Å². The lowest BCUT2D eigenvalue weighted by atomic mass is 9.92. The van der Waals surface area contributed by atoms with Crippen LogP contribution in [0, 0.1) is 5.92 Å². The van der Waals surface area contributed by atoms with Crippen LogP contribution in [0.4, 0.5) is 5.82 Å². The number of aliphatic hydroxyl groups excluding tert-OH is 1. The summed E-state index contributed by atoms with van der Waals surface area (Å²) in [6.07, 6.45) is 2.17. The highest BCUT2D eigenvalue weighted by atomic mass is 16.3. The van der Waals surface area contributed by atoms with Gasteiger partial charge in [0, 0.05) is 24.3 Å². The number of rotatable bonds is 3. The molecule has 1 aliphatic rings. The first-order valence-corrected chi connectivity index (χ1v) is 7.25. The van der Waals surface area contributed by atoms with Crippen LogP contribution in [0.5, 0.6) is 0 Å². The molecular formula is C15H23N3O2. The summed E-state index contributed by atoms with van der Waals surface area (Å²) in [5.74, 6) is 0.706. The molecule has 1 unspecified atom stereocenters. The van der Waals surface area contributed by atoms with Gasteiger partial charge in [0.05, 0.1) is 6.10 Å². The van der Waals surface area contributed by atoms with Crippen molar-refractivity contribution < 1.29 is 9.90 Å². The third kappa shape index (κ3) is 3.28. The first kappa shape index (κ1) is 14.8. The molecule has 3 N–H and O–H groups in total. The second kappa shape index (κ2) is 6.22. The molecule has 1 atom stereocenters. The summed E-state index contributed by atoms with van der Waals surface area (Å²) in [5.41, 5.74) is 7.20. The molecule has 1 aromatic rings. The number of hydrogen-bond acceptors (Lipinski definition) is 4. The van der Waals surface area contributed by atoms with Crippen LogP contribution in [-0.2, 0) is 6.42 Å². The molecule has 0 aromatic carbocycles. The second-order valence-electron chi connectivity index (χ2n) is 5.50. The quantitative estimate of drug-likeness (QED) is 0.876. The number of piperidine rings is 1. The van der Waals surface area contributed by atoms with Gasteiger partial charge in [0.15, 0.2) is 0 Å². The number of anilines is 1. The van der Waals surface area contributed by atoms with Crippen LogP contribution in [0.1, 0.15) is 42.7 Å². The normalized spacial score (nSPS) is 18.1. The van der Waals surface area contributed by atoms with E-state index in [0.29, 0.717) is 30.4 Å². The average Bonchev–Trinajstić information content (AvgIpc) is 2.45. The lowest BCUT2D eigenvalue weighted by Crippen LogP contribution is -2.40. The Labute approximate surface area is 119 Å².